The molecule has 1 amide bonds. The van der Waals surface area contributed by atoms with E-state index in [4.69, 9.17) is 11.6 Å². The summed E-state index contributed by atoms with van der Waals surface area (Å²) in [6.07, 6.45) is 7.10. The second-order valence-corrected chi connectivity index (χ2v) is 12.2. The Morgan fingerprint density at radius 3 is 2.75 bits per heavy atom. The summed E-state index contributed by atoms with van der Waals surface area (Å²) in [5.74, 6) is 0.476. The highest BCUT2D eigenvalue weighted by molar-refractivity contribution is 7.83. The van der Waals surface area contributed by atoms with Crippen LogP contribution < -0.4 is 9.62 Å². The Kier molecular flexibility index (Phi) is 7.57. The molecule has 0 radical (unpaired) electrons. The van der Waals surface area contributed by atoms with E-state index < -0.39 is 16.8 Å². The van der Waals surface area contributed by atoms with Crippen LogP contribution in [-0.2, 0) is 35.8 Å². The molecule has 6 nitrogen and oxygen atoms in total. The van der Waals surface area contributed by atoms with Crippen molar-refractivity contribution in [1.82, 2.24) is 14.3 Å². The molecule has 1 aromatic heterocycles. The number of aromatic nitrogens is 2. The summed E-state index contributed by atoms with van der Waals surface area (Å²) in [6, 6.07) is 20.3. The number of fused-ring (bicyclic) bond motifs is 1. The zero-order chi connectivity index (χ0) is 27.8. The molecule has 2 aliphatic rings. The van der Waals surface area contributed by atoms with Crippen LogP contribution in [0.4, 0.5) is 10.1 Å². The largest absolute Gasteiger partial charge is 0.337 e. The zero-order valence-corrected chi connectivity index (χ0v) is 23.7. The van der Waals surface area contributed by atoms with E-state index in [1.807, 2.05) is 47.0 Å². The minimum atomic E-state index is -1.58. The molecule has 1 heterocycles. The molecular formula is C31H30ClFN4O2S. The molecular weight excluding hydrogens is 547 g/mol. The van der Waals surface area contributed by atoms with E-state index in [-0.39, 0.29) is 28.8 Å². The molecule has 40 heavy (non-hydrogen) atoms. The number of anilines is 1. The molecule has 0 aliphatic heterocycles. The maximum atomic E-state index is 14.0. The van der Waals surface area contributed by atoms with Crippen molar-refractivity contribution < 1.29 is 13.4 Å². The summed E-state index contributed by atoms with van der Waals surface area (Å²) < 4.78 is 32.0. The number of carbonyl (C=O) groups excluding carboxylic acids is 1. The lowest BCUT2D eigenvalue weighted by molar-refractivity contribution is -0.120. The van der Waals surface area contributed by atoms with Crippen molar-refractivity contribution in [3.05, 3.63) is 112 Å². The fraction of sp³-hybridized carbons (Fsp3) is 0.290. The van der Waals surface area contributed by atoms with Crippen molar-refractivity contribution in [2.45, 2.75) is 49.1 Å². The molecule has 1 saturated carbocycles. The Morgan fingerprint density at radius 2 is 2.00 bits per heavy atom. The van der Waals surface area contributed by atoms with Gasteiger partial charge < -0.3 is 9.47 Å². The summed E-state index contributed by atoms with van der Waals surface area (Å²) >= 11 is 5.93. The van der Waals surface area contributed by atoms with E-state index in [9.17, 15) is 13.4 Å². The number of hydrogen-bond donors (Lipinski definition) is 1. The van der Waals surface area contributed by atoms with Gasteiger partial charge in [0.1, 0.15) is 22.6 Å². The molecule has 0 saturated heterocycles. The van der Waals surface area contributed by atoms with Crippen LogP contribution in [0.2, 0.25) is 5.02 Å². The molecule has 4 atom stereocenters. The predicted molar refractivity (Wildman–Crippen MR) is 155 cm³/mol. The number of amides is 1. The highest BCUT2D eigenvalue weighted by Crippen LogP contribution is 2.49. The molecule has 1 fully saturated rings. The van der Waals surface area contributed by atoms with Crippen LogP contribution >= 0.6 is 11.6 Å². The van der Waals surface area contributed by atoms with Crippen molar-refractivity contribution in [2.75, 3.05) is 4.90 Å². The van der Waals surface area contributed by atoms with Crippen molar-refractivity contribution in [1.29, 1.82) is 0 Å². The van der Waals surface area contributed by atoms with Gasteiger partial charge >= 0.3 is 0 Å². The molecule has 3 aromatic carbocycles. The minimum absolute atomic E-state index is 0.0590. The van der Waals surface area contributed by atoms with Gasteiger partial charge in [-0.05, 0) is 78.6 Å². The molecule has 206 valence electrons. The van der Waals surface area contributed by atoms with Crippen LogP contribution in [0.25, 0.3) is 0 Å². The van der Waals surface area contributed by atoms with Crippen molar-refractivity contribution in [3.63, 3.8) is 0 Å². The number of imidazole rings is 1. The maximum absolute atomic E-state index is 14.0. The molecule has 0 spiro atoms. The van der Waals surface area contributed by atoms with Gasteiger partial charge in [-0.25, -0.2) is 18.3 Å². The Hall–Kier alpha value is -3.33. The van der Waals surface area contributed by atoms with Crippen molar-refractivity contribution in [3.8, 4) is 0 Å². The normalized spacial score (nSPS) is 20.5. The minimum Gasteiger partial charge on any atom is -0.337 e. The number of nitrogens with zero attached hydrogens (tertiary/aromatic N) is 3. The second kappa shape index (κ2) is 11.3. The van der Waals surface area contributed by atoms with Crippen LogP contribution in [0.5, 0.6) is 0 Å². The quantitative estimate of drug-likeness (QED) is 0.270. The first kappa shape index (κ1) is 26.9. The molecule has 1 unspecified atom stereocenters. The lowest BCUT2D eigenvalue weighted by atomic mass is 9.87. The lowest BCUT2D eigenvalue weighted by Gasteiger charge is -2.29. The maximum Gasteiger partial charge on any atom is 0.231 e. The SMILES string of the molecule is Cn1ccnc1CN(C(=O)[C@@H]1C[C@H]1c1ccccc1)c1ccc2c(c1)[C@H](NS(=O)c1ccc(F)c(Cl)c1)CCC2. The Bertz CT molecular complexity index is 1580. The molecule has 2 aliphatic carbocycles. The summed E-state index contributed by atoms with van der Waals surface area (Å²) in [7, 11) is 0.349. The molecule has 0 bridgehead atoms. The fourth-order valence-corrected chi connectivity index (χ4v) is 6.89. The van der Waals surface area contributed by atoms with Crippen molar-refractivity contribution >= 4 is 34.2 Å². The van der Waals surface area contributed by atoms with Gasteiger partial charge in [0.25, 0.3) is 0 Å². The van der Waals surface area contributed by atoms with E-state index in [1.54, 1.807) is 6.20 Å². The van der Waals surface area contributed by atoms with E-state index >= 15 is 0 Å². The average molecular weight is 577 g/mol. The Balaban J connectivity index is 1.29. The highest BCUT2D eigenvalue weighted by atomic mass is 35.5. The van der Waals surface area contributed by atoms with Gasteiger partial charge in [-0.1, -0.05) is 48.0 Å². The number of aryl methyl sites for hydroxylation is 2. The molecule has 1 N–H and O–H groups in total. The van der Waals surface area contributed by atoms with E-state index in [0.717, 1.165) is 42.8 Å². The third-order valence-electron chi connectivity index (χ3n) is 7.93. The van der Waals surface area contributed by atoms with Crippen LogP contribution in [0.3, 0.4) is 0 Å². The highest BCUT2D eigenvalue weighted by Gasteiger charge is 2.46. The fourth-order valence-electron chi connectivity index (χ4n) is 5.59. The summed E-state index contributed by atoms with van der Waals surface area (Å²) in [5, 5.41) is -0.0590. The number of benzene rings is 3. The third kappa shape index (κ3) is 5.48. The van der Waals surface area contributed by atoms with Gasteiger partial charge in [-0.3, -0.25) is 4.79 Å². The van der Waals surface area contributed by atoms with E-state index in [2.05, 4.69) is 34.0 Å². The lowest BCUT2D eigenvalue weighted by Crippen LogP contribution is -2.34. The topological polar surface area (TPSA) is 67.2 Å². The molecule has 4 aromatic rings. The summed E-state index contributed by atoms with van der Waals surface area (Å²) in [4.78, 5) is 20.7. The molecule has 9 heteroatoms. The van der Waals surface area contributed by atoms with Crippen LogP contribution in [0, 0.1) is 11.7 Å². The van der Waals surface area contributed by atoms with Gasteiger partial charge in [0.2, 0.25) is 5.91 Å². The van der Waals surface area contributed by atoms with Gasteiger partial charge in [0.15, 0.2) is 0 Å². The van der Waals surface area contributed by atoms with Crippen molar-refractivity contribution in [2.24, 2.45) is 13.0 Å². The first-order chi connectivity index (χ1) is 19.4. The number of nitrogens with one attached hydrogen (secondary N) is 1. The van der Waals surface area contributed by atoms with Gasteiger partial charge in [-0.15, -0.1) is 0 Å². The van der Waals surface area contributed by atoms with Crippen LogP contribution in [0.1, 0.15) is 53.7 Å². The van der Waals surface area contributed by atoms with E-state index in [1.165, 1.54) is 29.3 Å². The third-order valence-corrected chi connectivity index (χ3v) is 9.40. The summed E-state index contributed by atoms with van der Waals surface area (Å²) in [5.41, 5.74) is 4.18. The monoisotopic (exact) mass is 576 g/mol. The smallest absolute Gasteiger partial charge is 0.231 e. The Morgan fingerprint density at radius 1 is 1.18 bits per heavy atom. The van der Waals surface area contributed by atoms with Gasteiger partial charge in [0, 0.05) is 37.1 Å². The first-order valence-electron chi connectivity index (χ1n) is 13.5. The van der Waals surface area contributed by atoms with Crippen LogP contribution in [0.15, 0.2) is 84.0 Å². The predicted octanol–water partition coefficient (Wildman–Crippen LogP) is 6.24. The van der Waals surface area contributed by atoms with Gasteiger partial charge in [0.05, 0.1) is 16.5 Å². The Labute approximate surface area is 240 Å². The standard InChI is InChI=1S/C31H30ClFN4O2S/c1-36-15-14-34-30(36)19-37(31(38)26-18-24(26)20-6-3-2-4-7-20)22-11-10-21-8-5-9-29(25(21)16-22)35-40(39)23-12-13-28(33)27(32)17-23/h2-4,6-7,10-17,24,26,29,35H,5,8-9,18-19H2,1H3/t24-,26+,29+,40?/m0/s1. The second-order valence-electron chi connectivity index (χ2n) is 10.5. The number of rotatable bonds is 8. The number of hydrogen-bond acceptors (Lipinski definition) is 3. The first-order valence-corrected chi connectivity index (χ1v) is 15.0. The molecule has 6 rings (SSSR count). The zero-order valence-electron chi connectivity index (χ0n) is 22.1. The van der Waals surface area contributed by atoms with Gasteiger partial charge in [-0.2, -0.15) is 0 Å². The average Bonchev–Trinajstić information content (AvgIpc) is 3.68. The number of carbonyl (C=O) groups is 1. The van der Waals surface area contributed by atoms with Crippen LogP contribution in [-0.4, -0.2) is 19.7 Å². The summed E-state index contributed by atoms with van der Waals surface area (Å²) in [6.45, 7) is 0.358. The van der Waals surface area contributed by atoms with E-state index in [0.29, 0.717) is 11.4 Å². The number of halogens is 2.